The number of hydrogen-bond acceptors (Lipinski definition) is 4. The molecule has 31 heavy (non-hydrogen) atoms. The number of allylic oxidation sites excluding steroid dienone is 1. The second-order valence-corrected chi connectivity index (χ2v) is 8.41. The van der Waals surface area contributed by atoms with Crippen molar-refractivity contribution in [2.24, 2.45) is 0 Å². The highest BCUT2D eigenvalue weighted by Crippen LogP contribution is 2.40. The predicted molar refractivity (Wildman–Crippen MR) is 111 cm³/mol. The van der Waals surface area contributed by atoms with E-state index in [-0.39, 0.29) is 24.2 Å². The van der Waals surface area contributed by atoms with E-state index in [1.165, 1.54) is 0 Å². The number of alkyl halides is 2. The molecule has 2 aliphatic rings. The molecule has 8 heteroatoms. The minimum absolute atomic E-state index is 0.127. The molecule has 0 saturated heterocycles. The van der Waals surface area contributed by atoms with Gasteiger partial charge in [-0.15, -0.1) is 0 Å². The van der Waals surface area contributed by atoms with E-state index < -0.39 is 42.2 Å². The lowest BCUT2D eigenvalue weighted by molar-refractivity contribution is -0.0171. The molecular weight excluding hydrogens is 409 g/mol. The molecule has 4 rings (SSSR count). The molecule has 2 heterocycles. The zero-order valence-corrected chi connectivity index (χ0v) is 17.5. The van der Waals surface area contributed by atoms with E-state index in [1.807, 2.05) is 30.7 Å². The highest BCUT2D eigenvalue weighted by Gasteiger charge is 2.44. The van der Waals surface area contributed by atoms with Crippen LogP contribution >= 0.6 is 0 Å². The van der Waals surface area contributed by atoms with Crippen molar-refractivity contribution in [1.29, 1.82) is 0 Å². The third kappa shape index (κ3) is 3.77. The zero-order valence-electron chi connectivity index (χ0n) is 17.5. The van der Waals surface area contributed by atoms with Gasteiger partial charge in [0.15, 0.2) is 0 Å². The molecule has 1 fully saturated rings. The van der Waals surface area contributed by atoms with Crippen molar-refractivity contribution in [3.8, 4) is 5.75 Å². The molecular formula is C23H27F3N2O3. The molecule has 1 aliphatic heterocycles. The molecule has 0 amide bonds. The summed E-state index contributed by atoms with van der Waals surface area (Å²) in [5, 5.41) is 24.4. The van der Waals surface area contributed by atoms with Gasteiger partial charge in [0, 0.05) is 30.4 Å². The number of ether oxygens (including phenoxy) is 1. The Morgan fingerprint density at radius 1 is 1.29 bits per heavy atom. The number of nitrogens with one attached hydrogen (secondary N) is 1. The fraction of sp³-hybridized carbons (Fsp3) is 0.478. The summed E-state index contributed by atoms with van der Waals surface area (Å²) in [6.07, 6.45) is -3.72. The number of benzene rings is 1. The lowest BCUT2D eigenvalue weighted by atomic mass is 9.96. The van der Waals surface area contributed by atoms with Crippen LogP contribution in [-0.2, 0) is 13.0 Å². The van der Waals surface area contributed by atoms with Gasteiger partial charge in [0.2, 0.25) is 0 Å². The van der Waals surface area contributed by atoms with Crippen LogP contribution in [-0.4, -0.2) is 39.6 Å². The van der Waals surface area contributed by atoms with E-state index in [0.29, 0.717) is 18.7 Å². The lowest BCUT2D eigenvalue weighted by Gasteiger charge is -2.26. The Bertz CT molecular complexity index is 1000. The van der Waals surface area contributed by atoms with E-state index in [0.717, 1.165) is 22.9 Å². The number of aliphatic hydroxyl groups is 2. The summed E-state index contributed by atoms with van der Waals surface area (Å²) < 4.78 is 49.2. The van der Waals surface area contributed by atoms with Gasteiger partial charge in [-0.25, -0.2) is 13.2 Å². The number of nitrogens with zero attached hydrogens (tertiary/aromatic N) is 1. The Balaban J connectivity index is 1.65. The summed E-state index contributed by atoms with van der Waals surface area (Å²) in [7, 11) is 0. The van der Waals surface area contributed by atoms with Crippen molar-refractivity contribution in [1.82, 2.24) is 9.88 Å². The average molecular weight is 436 g/mol. The number of halogens is 3. The van der Waals surface area contributed by atoms with Gasteiger partial charge in [0.05, 0.1) is 11.6 Å². The number of hydrogen-bond donors (Lipinski definition) is 3. The summed E-state index contributed by atoms with van der Waals surface area (Å²) in [6, 6.07) is 2.48. The summed E-state index contributed by atoms with van der Waals surface area (Å²) in [6.45, 7) is 8.54. The smallest absolute Gasteiger partial charge is 0.266 e. The van der Waals surface area contributed by atoms with Gasteiger partial charge >= 0.3 is 0 Å². The maximum absolute atomic E-state index is 14.6. The first kappa shape index (κ1) is 21.9. The Morgan fingerprint density at radius 2 is 2.03 bits per heavy atom. The van der Waals surface area contributed by atoms with Crippen molar-refractivity contribution >= 4 is 5.57 Å². The lowest BCUT2D eigenvalue weighted by Crippen LogP contribution is -2.35. The Labute approximate surface area is 179 Å². The normalized spacial score (nSPS) is 25.7. The van der Waals surface area contributed by atoms with E-state index in [9.17, 15) is 23.4 Å². The number of aliphatic hydroxyl groups excluding tert-OH is 2. The van der Waals surface area contributed by atoms with Crippen LogP contribution in [0.15, 0.2) is 24.9 Å². The molecule has 1 aromatic carbocycles. The van der Waals surface area contributed by atoms with Crippen LogP contribution in [0.2, 0.25) is 0 Å². The molecule has 5 nitrogen and oxygen atoms in total. The van der Waals surface area contributed by atoms with Crippen molar-refractivity contribution in [3.63, 3.8) is 0 Å². The number of aromatic nitrogens is 1. The molecule has 2 unspecified atom stereocenters. The first-order valence-corrected chi connectivity index (χ1v) is 10.4. The molecule has 2 aromatic rings. The SMILES string of the molecule is C=C(C)c1ccn(C2CC(Oc3cc(C(F)F)c(F)c4c3CNCC4)[C@@H](O)[C@H]2O)c1C. The maximum atomic E-state index is 14.6. The largest absolute Gasteiger partial charge is 0.487 e. The highest BCUT2D eigenvalue weighted by atomic mass is 19.3. The average Bonchev–Trinajstić information content (AvgIpc) is 3.24. The molecule has 1 saturated carbocycles. The van der Waals surface area contributed by atoms with Crippen LogP contribution in [0.1, 0.15) is 53.8 Å². The predicted octanol–water partition coefficient (Wildman–Crippen LogP) is 3.67. The van der Waals surface area contributed by atoms with Crippen LogP contribution in [0.5, 0.6) is 5.75 Å². The maximum Gasteiger partial charge on any atom is 0.266 e. The molecule has 0 bridgehead atoms. The Morgan fingerprint density at radius 3 is 2.68 bits per heavy atom. The summed E-state index contributed by atoms with van der Waals surface area (Å²) in [5.74, 6) is -0.762. The third-order valence-corrected chi connectivity index (χ3v) is 6.43. The van der Waals surface area contributed by atoms with Crippen molar-refractivity contribution in [3.05, 3.63) is 58.7 Å². The van der Waals surface area contributed by atoms with Gasteiger partial charge in [0.25, 0.3) is 6.43 Å². The van der Waals surface area contributed by atoms with Crippen molar-refractivity contribution in [2.75, 3.05) is 6.54 Å². The van der Waals surface area contributed by atoms with Crippen LogP contribution in [0.3, 0.4) is 0 Å². The fourth-order valence-electron chi connectivity index (χ4n) is 4.75. The van der Waals surface area contributed by atoms with Gasteiger partial charge in [-0.2, -0.15) is 0 Å². The van der Waals surface area contributed by atoms with E-state index >= 15 is 0 Å². The minimum Gasteiger partial charge on any atom is -0.487 e. The van der Waals surface area contributed by atoms with Crippen molar-refractivity contribution in [2.45, 2.75) is 64.0 Å². The van der Waals surface area contributed by atoms with Gasteiger partial charge in [-0.05, 0) is 55.6 Å². The molecule has 0 radical (unpaired) electrons. The van der Waals surface area contributed by atoms with E-state index in [2.05, 4.69) is 11.9 Å². The Hall–Kier alpha value is -2.29. The van der Waals surface area contributed by atoms with Gasteiger partial charge in [0.1, 0.15) is 29.9 Å². The van der Waals surface area contributed by atoms with Gasteiger partial charge < -0.3 is 24.8 Å². The molecule has 168 valence electrons. The van der Waals surface area contributed by atoms with Crippen LogP contribution in [0, 0.1) is 12.7 Å². The van der Waals surface area contributed by atoms with Crippen LogP contribution in [0.25, 0.3) is 5.57 Å². The minimum atomic E-state index is -2.97. The fourth-order valence-corrected chi connectivity index (χ4v) is 4.75. The summed E-state index contributed by atoms with van der Waals surface area (Å²) in [5.41, 5.74) is 2.78. The molecule has 3 N–H and O–H groups in total. The topological polar surface area (TPSA) is 66.7 Å². The van der Waals surface area contributed by atoms with E-state index in [1.54, 1.807) is 0 Å². The number of fused-ring (bicyclic) bond motifs is 1. The first-order valence-electron chi connectivity index (χ1n) is 10.4. The Kier molecular flexibility index (Phi) is 5.89. The molecule has 1 aromatic heterocycles. The van der Waals surface area contributed by atoms with E-state index in [4.69, 9.17) is 4.74 Å². The zero-order chi connectivity index (χ0) is 22.4. The third-order valence-electron chi connectivity index (χ3n) is 6.43. The number of rotatable bonds is 5. The highest BCUT2D eigenvalue weighted by molar-refractivity contribution is 5.63. The van der Waals surface area contributed by atoms with Crippen LogP contribution < -0.4 is 10.1 Å². The second-order valence-electron chi connectivity index (χ2n) is 8.41. The van der Waals surface area contributed by atoms with Crippen molar-refractivity contribution < 1.29 is 28.1 Å². The summed E-state index contributed by atoms with van der Waals surface area (Å²) >= 11 is 0. The van der Waals surface area contributed by atoms with Crippen LogP contribution in [0.4, 0.5) is 13.2 Å². The second kappa shape index (κ2) is 8.33. The van der Waals surface area contributed by atoms with Gasteiger partial charge in [-0.3, -0.25) is 0 Å². The monoisotopic (exact) mass is 436 g/mol. The molecule has 1 aliphatic carbocycles. The molecule has 4 atom stereocenters. The van der Waals surface area contributed by atoms with Gasteiger partial charge in [-0.1, -0.05) is 6.58 Å². The first-order chi connectivity index (χ1) is 14.7. The standard InChI is InChI=1S/C23H27F3N2O3/c1-11(2)13-5-7-28(12(13)3)17-9-19(22(30)21(17)29)31-18-8-15(23(25)26)20(24)14-4-6-27-10-16(14)18/h5,7-8,17,19,21-23,27,29-30H,1,4,6,9-10H2,2-3H3/t17?,19?,21-,22+/m0/s1. The molecule has 0 spiro atoms. The summed E-state index contributed by atoms with van der Waals surface area (Å²) in [4.78, 5) is 0. The quantitative estimate of drug-likeness (QED) is 0.669.